The fraction of sp³-hybridized carbons (Fsp3) is 0.571. The van der Waals surface area contributed by atoms with Crippen LogP contribution >= 0.6 is 0 Å². The van der Waals surface area contributed by atoms with Gasteiger partial charge in [-0.15, -0.1) is 0 Å². The first-order valence-electron chi connectivity index (χ1n) is 6.55. The van der Waals surface area contributed by atoms with Gasteiger partial charge in [-0.2, -0.15) is 13.2 Å². The second-order valence-corrected chi connectivity index (χ2v) is 5.55. The van der Waals surface area contributed by atoms with E-state index in [0.717, 1.165) is 0 Å². The van der Waals surface area contributed by atoms with Crippen LogP contribution in [-0.2, 0) is 12.7 Å². The Morgan fingerprint density at radius 1 is 1.40 bits per heavy atom. The number of alkyl halides is 3. The molecule has 1 aliphatic heterocycles. The van der Waals surface area contributed by atoms with E-state index in [2.05, 4.69) is 5.32 Å². The van der Waals surface area contributed by atoms with Gasteiger partial charge in [0.2, 0.25) is 0 Å². The molecule has 1 atom stereocenters. The van der Waals surface area contributed by atoms with Crippen LogP contribution in [0.3, 0.4) is 0 Å². The average Bonchev–Trinajstić information content (AvgIpc) is 2.69. The van der Waals surface area contributed by atoms with E-state index in [0.29, 0.717) is 25.1 Å². The van der Waals surface area contributed by atoms with Gasteiger partial charge in [0, 0.05) is 25.3 Å². The molecule has 20 heavy (non-hydrogen) atoms. The molecule has 0 amide bonds. The number of β-amino-alcohol motifs (C(OH)–C–C–N with tert-alkyl or cyclic N) is 1. The number of hydrogen-bond donors (Lipinski definition) is 2. The van der Waals surface area contributed by atoms with Crippen LogP contribution < -0.4 is 10.2 Å². The van der Waals surface area contributed by atoms with E-state index in [4.69, 9.17) is 0 Å². The van der Waals surface area contributed by atoms with Crippen molar-refractivity contribution in [3.8, 4) is 0 Å². The number of halogens is 3. The normalized spacial score (nSPS) is 23.4. The zero-order valence-corrected chi connectivity index (χ0v) is 11.6. The SMILES string of the molecule is CNCc1ccc(N2CCC(C)(O)C2)c(C(F)(F)F)c1. The summed E-state index contributed by atoms with van der Waals surface area (Å²) in [5.41, 5.74) is -0.820. The summed E-state index contributed by atoms with van der Waals surface area (Å²) in [4.78, 5) is 1.60. The maximum atomic E-state index is 13.2. The minimum Gasteiger partial charge on any atom is -0.388 e. The van der Waals surface area contributed by atoms with Crippen molar-refractivity contribution in [3.05, 3.63) is 29.3 Å². The van der Waals surface area contributed by atoms with E-state index >= 15 is 0 Å². The molecule has 0 radical (unpaired) electrons. The Morgan fingerprint density at radius 3 is 2.60 bits per heavy atom. The van der Waals surface area contributed by atoms with Gasteiger partial charge >= 0.3 is 6.18 Å². The lowest BCUT2D eigenvalue weighted by atomic mass is 10.1. The van der Waals surface area contributed by atoms with Crippen LogP contribution in [-0.4, -0.2) is 30.8 Å². The Hall–Kier alpha value is -1.27. The van der Waals surface area contributed by atoms with E-state index in [-0.39, 0.29) is 12.2 Å². The number of nitrogens with one attached hydrogen (secondary N) is 1. The fourth-order valence-electron chi connectivity index (χ4n) is 2.55. The third-order valence-electron chi connectivity index (χ3n) is 3.54. The summed E-state index contributed by atoms with van der Waals surface area (Å²) >= 11 is 0. The smallest absolute Gasteiger partial charge is 0.388 e. The predicted octanol–water partition coefficient (Wildman–Crippen LogP) is 2.39. The molecule has 3 nitrogen and oxygen atoms in total. The lowest BCUT2D eigenvalue weighted by molar-refractivity contribution is -0.137. The molecule has 1 heterocycles. The summed E-state index contributed by atoms with van der Waals surface area (Å²) in [6, 6.07) is 4.36. The number of anilines is 1. The molecular formula is C14H19F3N2O. The largest absolute Gasteiger partial charge is 0.418 e. The summed E-state index contributed by atoms with van der Waals surface area (Å²) in [5, 5.41) is 12.8. The summed E-state index contributed by atoms with van der Waals surface area (Å²) in [5.74, 6) is 0. The molecule has 1 aromatic carbocycles. The van der Waals surface area contributed by atoms with Gasteiger partial charge in [0.15, 0.2) is 0 Å². The molecule has 1 fully saturated rings. The standard InChI is InChI=1S/C14H19F3N2O/c1-13(20)5-6-19(9-13)12-4-3-10(8-18-2)7-11(12)14(15,16)17/h3-4,7,18,20H,5-6,8-9H2,1-2H3. The van der Waals surface area contributed by atoms with Crippen molar-refractivity contribution in [2.24, 2.45) is 0 Å². The molecule has 112 valence electrons. The molecule has 0 bridgehead atoms. The van der Waals surface area contributed by atoms with Gasteiger partial charge in [-0.3, -0.25) is 0 Å². The maximum Gasteiger partial charge on any atom is 0.418 e. The van der Waals surface area contributed by atoms with Crippen LogP contribution in [0.15, 0.2) is 18.2 Å². The van der Waals surface area contributed by atoms with E-state index < -0.39 is 17.3 Å². The van der Waals surface area contributed by atoms with Gasteiger partial charge < -0.3 is 15.3 Å². The van der Waals surface area contributed by atoms with Crippen LogP contribution in [0.4, 0.5) is 18.9 Å². The number of aliphatic hydroxyl groups is 1. The van der Waals surface area contributed by atoms with E-state index in [1.165, 1.54) is 12.1 Å². The molecule has 1 aromatic rings. The lowest BCUT2D eigenvalue weighted by Gasteiger charge is -2.25. The van der Waals surface area contributed by atoms with Crippen LogP contribution in [0, 0.1) is 0 Å². The molecular weight excluding hydrogens is 269 g/mol. The lowest BCUT2D eigenvalue weighted by Crippen LogP contribution is -2.30. The Balaban J connectivity index is 2.37. The highest BCUT2D eigenvalue weighted by atomic mass is 19.4. The van der Waals surface area contributed by atoms with Gasteiger partial charge in [0.25, 0.3) is 0 Å². The van der Waals surface area contributed by atoms with Crippen molar-refractivity contribution in [2.75, 3.05) is 25.0 Å². The van der Waals surface area contributed by atoms with Gasteiger partial charge in [0.05, 0.1) is 11.2 Å². The molecule has 6 heteroatoms. The van der Waals surface area contributed by atoms with Crippen molar-refractivity contribution >= 4 is 5.69 Å². The second kappa shape index (κ2) is 5.26. The summed E-state index contributed by atoms with van der Waals surface area (Å²) in [6.45, 7) is 2.69. The zero-order chi connectivity index (χ0) is 15.0. The quantitative estimate of drug-likeness (QED) is 0.896. The van der Waals surface area contributed by atoms with Gasteiger partial charge in [-0.05, 0) is 38.1 Å². The minimum absolute atomic E-state index is 0.148. The van der Waals surface area contributed by atoms with Crippen LogP contribution in [0.25, 0.3) is 0 Å². The monoisotopic (exact) mass is 288 g/mol. The number of hydrogen-bond acceptors (Lipinski definition) is 3. The van der Waals surface area contributed by atoms with Crippen LogP contribution in [0.5, 0.6) is 0 Å². The Morgan fingerprint density at radius 2 is 2.10 bits per heavy atom. The second-order valence-electron chi connectivity index (χ2n) is 5.55. The average molecular weight is 288 g/mol. The zero-order valence-electron chi connectivity index (χ0n) is 11.6. The van der Waals surface area contributed by atoms with Crippen LogP contribution in [0.2, 0.25) is 0 Å². The molecule has 1 saturated heterocycles. The minimum atomic E-state index is -4.40. The van der Waals surface area contributed by atoms with Crippen molar-refractivity contribution in [1.82, 2.24) is 5.32 Å². The van der Waals surface area contributed by atoms with Crippen molar-refractivity contribution in [1.29, 1.82) is 0 Å². The topological polar surface area (TPSA) is 35.5 Å². The summed E-state index contributed by atoms with van der Waals surface area (Å²) < 4.78 is 39.6. The Labute approximate surface area is 116 Å². The Bertz CT molecular complexity index is 486. The predicted molar refractivity (Wildman–Crippen MR) is 71.7 cm³/mol. The third-order valence-corrected chi connectivity index (χ3v) is 3.54. The van der Waals surface area contributed by atoms with Gasteiger partial charge in [-0.1, -0.05) is 6.07 Å². The molecule has 0 saturated carbocycles. The van der Waals surface area contributed by atoms with Gasteiger partial charge in [0.1, 0.15) is 0 Å². The van der Waals surface area contributed by atoms with Crippen molar-refractivity contribution in [2.45, 2.75) is 31.7 Å². The van der Waals surface area contributed by atoms with Crippen LogP contribution in [0.1, 0.15) is 24.5 Å². The van der Waals surface area contributed by atoms with E-state index in [1.807, 2.05) is 0 Å². The molecule has 0 spiro atoms. The molecule has 0 aromatic heterocycles. The molecule has 0 aliphatic carbocycles. The van der Waals surface area contributed by atoms with Crippen molar-refractivity contribution in [3.63, 3.8) is 0 Å². The van der Waals surface area contributed by atoms with Gasteiger partial charge in [-0.25, -0.2) is 0 Å². The molecule has 1 aliphatic rings. The highest BCUT2D eigenvalue weighted by Gasteiger charge is 2.38. The molecule has 2 rings (SSSR count). The number of nitrogens with zero attached hydrogens (tertiary/aromatic N) is 1. The summed E-state index contributed by atoms with van der Waals surface area (Å²) in [6.07, 6.45) is -3.92. The highest BCUT2D eigenvalue weighted by molar-refractivity contribution is 5.57. The van der Waals surface area contributed by atoms with E-state index in [1.54, 1.807) is 24.9 Å². The Kier molecular flexibility index (Phi) is 3.97. The highest BCUT2D eigenvalue weighted by Crippen LogP contribution is 2.39. The number of benzene rings is 1. The third kappa shape index (κ3) is 3.24. The first kappa shape index (κ1) is 15.1. The molecule has 2 N–H and O–H groups in total. The first-order chi connectivity index (χ1) is 9.23. The number of rotatable bonds is 3. The van der Waals surface area contributed by atoms with Crippen molar-refractivity contribution < 1.29 is 18.3 Å². The van der Waals surface area contributed by atoms with E-state index in [9.17, 15) is 18.3 Å². The maximum absolute atomic E-state index is 13.2. The molecule has 1 unspecified atom stereocenters. The summed E-state index contributed by atoms with van der Waals surface area (Å²) in [7, 11) is 1.69. The first-order valence-corrected chi connectivity index (χ1v) is 6.55. The fourth-order valence-corrected chi connectivity index (χ4v) is 2.55.